The third-order valence-corrected chi connectivity index (χ3v) is 9.42. The molecule has 1 aromatic rings. The molecule has 0 bridgehead atoms. The lowest BCUT2D eigenvalue weighted by Gasteiger charge is -2.32. The number of rotatable bonds is 15. The van der Waals surface area contributed by atoms with Crippen molar-refractivity contribution in [2.24, 2.45) is 23.3 Å². The second-order valence-corrected chi connectivity index (χ2v) is 14.4. The molecule has 21 nitrogen and oxygen atoms in total. The van der Waals surface area contributed by atoms with Crippen LogP contribution in [0.15, 0.2) is 24.3 Å². The quantitative estimate of drug-likeness (QED) is 0.0734. The molecule has 2 saturated heterocycles. The van der Waals surface area contributed by atoms with Crippen LogP contribution in [0.3, 0.4) is 0 Å². The number of aliphatic hydroxyl groups excluding tert-OH is 7. The minimum atomic E-state index is -1.70. The van der Waals surface area contributed by atoms with Crippen LogP contribution >= 0.6 is 0 Å². The van der Waals surface area contributed by atoms with Gasteiger partial charge in [0.1, 0.15) is 48.5 Å². The molecule has 1 aromatic carbocycles. The van der Waals surface area contributed by atoms with Gasteiger partial charge in [0, 0.05) is 44.9 Å². The van der Waals surface area contributed by atoms with Crippen molar-refractivity contribution < 1.29 is 69.6 Å². The number of likely N-dealkylation sites (tertiary alicyclic amines) is 1. The first-order valence-corrected chi connectivity index (χ1v) is 18.4. The van der Waals surface area contributed by atoms with Gasteiger partial charge in [0.05, 0.1) is 36.9 Å². The normalized spacial score (nSPS) is 25.1. The van der Waals surface area contributed by atoms with E-state index in [1.165, 1.54) is 45.0 Å². The number of nitrogens with zero attached hydrogens (tertiary/aromatic N) is 2. The van der Waals surface area contributed by atoms with Gasteiger partial charge >= 0.3 is 0 Å². The first-order chi connectivity index (χ1) is 26.5. The molecule has 2 aliphatic rings. The molecule has 5 amide bonds. The fraction of sp³-hybridized carbons (Fsp3) is 0.667. The summed E-state index contributed by atoms with van der Waals surface area (Å²) in [7, 11) is 0. The first-order valence-electron chi connectivity index (χ1n) is 18.4. The number of amides is 5. The van der Waals surface area contributed by atoms with Crippen LogP contribution in [0.2, 0.25) is 0 Å². The van der Waals surface area contributed by atoms with Crippen LogP contribution in [-0.2, 0) is 35.2 Å². The Morgan fingerprint density at radius 2 is 1.54 bits per heavy atom. The predicted octanol–water partition coefficient (Wildman–Crippen LogP) is -5.63. The Bertz CT molecular complexity index is 1460. The molecule has 2 heterocycles. The molecule has 15 N–H and O–H groups in total. The molecule has 3 rings (SSSR count). The largest absolute Gasteiger partial charge is 0.508 e. The topological polar surface area (TPSA) is 359 Å². The van der Waals surface area contributed by atoms with Crippen LogP contribution in [-0.4, -0.2) is 180 Å². The van der Waals surface area contributed by atoms with E-state index in [9.17, 15) is 54.3 Å². The highest BCUT2D eigenvalue weighted by Crippen LogP contribution is 2.24. The molecule has 21 heteroatoms. The van der Waals surface area contributed by atoms with Crippen molar-refractivity contribution >= 4 is 35.8 Å². The number of carbonyl (C=O) groups excluding carboxylic acids is 6. The summed E-state index contributed by atoms with van der Waals surface area (Å²) in [5, 5.41) is 84.0. The lowest BCUT2D eigenvalue weighted by atomic mass is 10.00. The van der Waals surface area contributed by atoms with Gasteiger partial charge in [-0.15, -0.1) is 0 Å². The SMILES string of the molecule is CC(=O)N(CC(C)O)C(C)C(=O)NC(C(=O)NC(CO)C(=O)N1CC(C)C(O)C1C(N)=O)C(O)Cc1ccc(O)cc1.CC(N)C(C)O.O=CC1CNC(O)C1O. The maximum atomic E-state index is 13.4. The fourth-order valence-electron chi connectivity index (χ4n) is 5.67. The summed E-state index contributed by atoms with van der Waals surface area (Å²) in [4.78, 5) is 76.0. The molecule has 13 atom stereocenters. The van der Waals surface area contributed by atoms with Crippen LogP contribution in [0.1, 0.15) is 47.1 Å². The van der Waals surface area contributed by atoms with Crippen molar-refractivity contribution in [3.63, 3.8) is 0 Å². The number of carbonyl (C=O) groups is 6. The zero-order chi connectivity index (χ0) is 43.9. The van der Waals surface area contributed by atoms with Gasteiger partial charge in [0.2, 0.25) is 29.5 Å². The zero-order valence-corrected chi connectivity index (χ0v) is 33.0. The number of nitrogens with two attached hydrogens (primary N) is 2. The molecular formula is C36H61N7O14. The van der Waals surface area contributed by atoms with Crippen molar-refractivity contribution in [3.05, 3.63) is 29.8 Å². The lowest BCUT2D eigenvalue weighted by molar-refractivity contribution is -0.144. The highest BCUT2D eigenvalue weighted by atomic mass is 16.3. The summed E-state index contributed by atoms with van der Waals surface area (Å²) in [5.41, 5.74) is 11.0. The molecule has 57 heavy (non-hydrogen) atoms. The monoisotopic (exact) mass is 815 g/mol. The number of phenols is 1. The zero-order valence-electron chi connectivity index (χ0n) is 33.0. The molecule has 2 fully saturated rings. The van der Waals surface area contributed by atoms with Gasteiger partial charge in [-0.05, 0) is 45.4 Å². The van der Waals surface area contributed by atoms with E-state index in [0.717, 1.165) is 9.80 Å². The average Bonchev–Trinajstić information content (AvgIpc) is 3.63. The van der Waals surface area contributed by atoms with E-state index < -0.39 is 103 Å². The van der Waals surface area contributed by atoms with E-state index in [1.807, 2.05) is 0 Å². The summed E-state index contributed by atoms with van der Waals surface area (Å²) in [6.07, 6.45) is -5.58. The number of hydrogen-bond donors (Lipinski definition) is 13. The number of benzene rings is 1. The predicted molar refractivity (Wildman–Crippen MR) is 202 cm³/mol. The number of hydrogen-bond acceptors (Lipinski definition) is 16. The van der Waals surface area contributed by atoms with E-state index in [0.29, 0.717) is 18.4 Å². The number of phenolic OH excluding ortho intramolecular Hbond substituents is 1. The molecule has 0 radical (unpaired) electrons. The van der Waals surface area contributed by atoms with E-state index in [2.05, 4.69) is 16.0 Å². The van der Waals surface area contributed by atoms with E-state index in [4.69, 9.17) is 26.8 Å². The van der Waals surface area contributed by atoms with Gasteiger partial charge in [-0.1, -0.05) is 19.1 Å². The Hall–Kier alpha value is -4.32. The molecule has 0 saturated carbocycles. The van der Waals surface area contributed by atoms with Gasteiger partial charge in [-0.2, -0.15) is 0 Å². The van der Waals surface area contributed by atoms with E-state index in [-0.39, 0.29) is 37.4 Å². The molecule has 2 aliphatic heterocycles. The van der Waals surface area contributed by atoms with Crippen LogP contribution in [0.25, 0.3) is 0 Å². The third kappa shape index (κ3) is 15.5. The molecule has 13 unspecified atom stereocenters. The van der Waals surface area contributed by atoms with Crippen LogP contribution in [0, 0.1) is 11.8 Å². The van der Waals surface area contributed by atoms with E-state index >= 15 is 0 Å². The van der Waals surface area contributed by atoms with Gasteiger partial charge in [-0.25, -0.2) is 0 Å². The Balaban J connectivity index is 0.000000898. The van der Waals surface area contributed by atoms with Gasteiger partial charge < -0.3 is 77.5 Å². The van der Waals surface area contributed by atoms with E-state index in [1.54, 1.807) is 20.8 Å². The van der Waals surface area contributed by atoms with Crippen molar-refractivity contribution in [1.82, 2.24) is 25.8 Å². The Morgan fingerprint density at radius 1 is 0.982 bits per heavy atom. The second-order valence-electron chi connectivity index (χ2n) is 14.4. The molecule has 324 valence electrons. The maximum absolute atomic E-state index is 13.4. The summed E-state index contributed by atoms with van der Waals surface area (Å²) in [6, 6.07) is -0.285. The van der Waals surface area contributed by atoms with Gasteiger partial charge in [0.25, 0.3) is 0 Å². The molecule has 0 aromatic heterocycles. The highest BCUT2D eigenvalue weighted by Gasteiger charge is 2.46. The summed E-state index contributed by atoms with van der Waals surface area (Å²) in [6.45, 7) is 8.20. The Labute approximate surface area is 331 Å². The van der Waals surface area contributed by atoms with Gasteiger partial charge in [0.15, 0.2) is 0 Å². The second kappa shape index (κ2) is 23.8. The summed E-state index contributed by atoms with van der Waals surface area (Å²) < 4.78 is 0. The van der Waals surface area contributed by atoms with Crippen LogP contribution in [0.5, 0.6) is 5.75 Å². The fourth-order valence-corrected chi connectivity index (χ4v) is 5.67. The van der Waals surface area contributed by atoms with Crippen LogP contribution < -0.4 is 27.4 Å². The maximum Gasteiger partial charge on any atom is 0.248 e. The highest BCUT2D eigenvalue weighted by molar-refractivity contribution is 5.96. The summed E-state index contributed by atoms with van der Waals surface area (Å²) >= 11 is 0. The smallest absolute Gasteiger partial charge is 0.248 e. The van der Waals surface area contributed by atoms with Gasteiger partial charge in [-0.3, -0.25) is 29.3 Å². The van der Waals surface area contributed by atoms with Crippen molar-refractivity contribution in [2.75, 3.05) is 26.2 Å². The number of nitrogens with one attached hydrogen (secondary N) is 3. The first kappa shape index (κ1) is 50.7. The number of aliphatic hydroxyl groups is 7. The Morgan fingerprint density at radius 3 is 1.95 bits per heavy atom. The van der Waals surface area contributed by atoms with Crippen molar-refractivity contribution in [1.29, 1.82) is 0 Å². The minimum absolute atomic E-state index is 0.0352. The number of primary amides is 1. The molecule has 0 spiro atoms. The van der Waals surface area contributed by atoms with Crippen molar-refractivity contribution in [2.45, 2.75) is 115 Å². The van der Waals surface area contributed by atoms with Crippen LogP contribution in [0.4, 0.5) is 0 Å². The Kier molecular flexibility index (Phi) is 21.2. The number of aromatic hydroxyl groups is 1. The number of aldehydes is 1. The van der Waals surface area contributed by atoms with Crippen molar-refractivity contribution in [3.8, 4) is 5.75 Å². The molecule has 0 aliphatic carbocycles. The minimum Gasteiger partial charge on any atom is -0.508 e. The summed E-state index contributed by atoms with van der Waals surface area (Å²) in [5.74, 6) is -5.33. The molecular weight excluding hydrogens is 754 g/mol. The average molecular weight is 816 g/mol. The third-order valence-electron chi connectivity index (χ3n) is 9.42. The lowest BCUT2D eigenvalue weighted by Crippen LogP contribution is -2.62. The standard InChI is InChI=1S/C27H41N5O10.C5H9NO3.C4H11NO/c1-13-10-32(22(23(13)38)24(28)39)27(42)19(12-33)29-26(41)21(20(37)9-17-5-7-18(36)8-6-17)30-25(40)15(3)31(16(4)35)11-14(2)34;7-2-3-1-6-5(9)4(3)8;1-3(5)4(2)6/h5-8,13-15,19-23,33-34,36-38H,9-12H2,1-4H3,(H2,28,39)(H,29,41)(H,30,40);2-6,8-9H,1H2;3-4,6H,5H2,1-2H3.